The van der Waals surface area contributed by atoms with Crippen molar-refractivity contribution in [1.82, 2.24) is 15.2 Å². The first-order valence-corrected chi connectivity index (χ1v) is 8.58. The first kappa shape index (κ1) is 15.8. The summed E-state index contributed by atoms with van der Waals surface area (Å²) in [7, 11) is 0. The number of carboxylic acid groups (broad SMARTS) is 1. The van der Waals surface area contributed by atoms with Crippen LogP contribution in [0.2, 0.25) is 0 Å². The Balaban J connectivity index is 1.70. The van der Waals surface area contributed by atoms with Crippen molar-refractivity contribution >= 4 is 29.5 Å². The Labute approximate surface area is 137 Å². The molecule has 2 fully saturated rings. The Bertz CT molecular complexity index is 647. The average Bonchev–Trinajstić information content (AvgIpc) is 3.26. The minimum atomic E-state index is -1.19. The van der Waals surface area contributed by atoms with Gasteiger partial charge in [-0.2, -0.15) is 0 Å². The van der Waals surface area contributed by atoms with Gasteiger partial charge in [-0.25, -0.2) is 9.78 Å². The molecule has 0 spiro atoms. The molecule has 0 radical (unpaired) electrons. The molecule has 1 aliphatic heterocycles. The van der Waals surface area contributed by atoms with E-state index in [4.69, 9.17) is 5.11 Å². The Kier molecular flexibility index (Phi) is 4.51. The lowest BCUT2D eigenvalue weighted by Crippen LogP contribution is -2.47. The zero-order valence-electron chi connectivity index (χ0n) is 12.4. The van der Waals surface area contributed by atoms with E-state index in [-0.39, 0.29) is 17.3 Å². The van der Waals surface area contributed by atoms with Gasteiger partial charge in [-0.15, -0.1) is 11.8 Å². The molecule has 2 amide bonds. The molecule has 1 aromatic heterocycles. The van der Waals surface area contributed by atoms with Gasteiger partial charge in [0.2, 0.25) is 5.91 Å². The second-order valence-corrected chi connectivity index (χ2v) is 6.69. The van der Waals surface area contributed by atoms with Crippen molar-refractivity contribution in [2.45, 2.75) is 18.9 Å². The largest absolute Gasteiger partial charge is 0.477 e. The van der Waals surface area contributed by atoms with Crippen molar-refractivity contribution in [2.24, 2.45) is 5.92 Å². The predicted octanol–water partition coefficient (Wildman–Crippen LogP) is 0.821. The molecular weight excluding hydrogens is 318 g/mol. The molecule has 0 bridgehead atoms. The SMILES string of the molecule is O=C(O)c1cccc(C(=O)N2CSCC2C(=O)NCC2CC2)n1. The van der Waals surface area contributed by atoms with Crippen LogP contribution in [-0.4, -0.2) is 57.0 Å². The molecule has 1 saturated carbocycles. The summed E-state index contributed by atoms with van der Waals surface area (Å²) in [6, 6.07) is 3.76. The summed E-state index contributed by atoms with van der Waals surface area (Å²) in [5.41, 5.74) is -0.134. The fourth-order valence-corrected chi connectivity index (χ4v) is 3.52. The summed E-state index contributed by atoms with van der Waals surface area (Å²) in [6.07, 6.45) is 2.29. The maximum atomic E-state index is 12.6. The van der Waals surface area contributed by atoms with Gasteiger partial charge in [0.1, 0.15) is 17.4 Å². The number of aromatic nitrogens is 1. The Morgan fingerprint density at radius 2 is 2.04 bits per heavy atom. The number of amides is 2. The fourth-order valence-electron chi connectivity index (χ4n) is 2.36. The van der Waals surface area contributed by atoms with Crippen molar-refractivity contribution < 1.29 is 19.5 Å². The van der Waals surface area contributed by atoms with Gasteiger partial charge >= 0.3 is 5.97 Å². The van der Waals surface area contributed by atoms with E-state index >= 15 is 0 Å². The van der Waals surface area contributed by atoms with E-state index in [1.807, 2.05) is 0 Å². The third-order valence-corrected chi connectivity index (χ3v) is 4.91. The number of carbonyl (C=O) groups is 3. The lowest BCUT2D eigenvalue weighted by Gasteiger charge is -2.22. The predicted molar refractivity (Wildman–Crippen MR) is 84.2 cm³/mol. The number of aromatic carboxylic acids is 1. The summed E-state index contributed by atoms with van der Waals surface area (Å²) in [4.78, 5) is 41.1. The zero-order chi connectivity index (χ0) is 16.4. The van der Waals surface area contributed by atoms with Gasteiger partial charge in [-0.3, -0.25) is 9.59 Å². The molecule has 2 heterocycles. The van der Waals surface area contributed by atoms with Gasteiger partial charge in [0.05, 0.1) is 5.88 Å². The highest BCUT2D eigenvalue weighted by Gasteiger charge is 2.36. The zero-order valence-corrected chi connectivity index (χ0v) is 13.2. The van der Waals surface area contributed by atoms with Crippen LogP contribution < -0.4 is 5.32 Å². The highest BCUT2D eigenvalue weighted by Crippen LogP contribution is 2.28. The monoisotopic (exact) mass is 335 g/mol. The van der Waals surface area contributed by atoms with Crippen molar-refractivity contribution in [1.29, 1.82) is 0 Å². The number of nitrogens with one attached hydrogen (secondary N) is 1. The summed E-state index contributed by atoms with van der Waals surface area (Å²) in [6.45, 7) is 0.661. The molecule has 1 unspecified atom stereocenters. The van der Waals surface area contributed by atoms with Gasteiger partial charge in [-0.1, -0.05) is 6.07 Å². The number of rotatable bonds is 5. The maximum absolute atomic E-state index is 12.6. The minimum Gasteiger partial charge on any atom is -0.477 e. The lowest BCUT2D eigenvalue weighted by molar-refractivity contribution is -0.124. The van der Waals surface area contributed by atoms with Crippen molar-refractivity contribution in [3.63, 3.8) is 0 Å². The van der Waals surface area contributed by atoms with Crippen LogP contribution in [-0.2, 0) is 4.79 Å². The van der Waals surface area contributed by atoms with Crippen LogP contribution in [0.4, 0.5) is 0 Å². The number of carbonyl (C=O) groups excluding carboxylic acids is 2. The maximum Gasteiger partial charge on any atom is 0.354 e. The van der Waals surface area contributed by atoms with E-state index in [0.29, 0.717) is 24.1 Å². The molecule has 2 N–H and O–H groups in total. The molecule has 1 aromatic rings. The van der Waals surface area contributed by atoms with Crippen LogP contribution in [0.15, 0.2) is 18.2 Å². The standard InChI is InChI=1S/C15H17N3O4S/c19-13(16-6-9-4-5-9)12-7-23-8-18(12)14(20)10-2-1-3-11(17-10)15(21)22/h1-3,9,12H,4-8H2,(H,16,19)(H,21,22). The third-order valence-electron chi connectivity index (χ3n) is 3.90. The molecule has 7 nitrogen and oxygen atoms in total. The van der Waals surface area contributed by atoms with Gasteiger partial charge in [0.15, 0.2) is 0 Å². The molecule has 0 aromatic carbocycles. The molecule has 2 aliphatic rings. The van der Waals surface area contributed by atoms with E-state index in [1.165, 1.54) is 34.9 Å². The van der Waals surface area contributed by atoms with Crippen molar-refractivity contribution in [3.05, 3.63) is 29.6 Å². The topological polar surface area (TPSA) is 99.6 Å². The normalized spacial score (nSPS) is 20.3. The molecule has 23 heavy (non-hydrogen) atoms. The van der Waals surface area contributed by atoms with Crippen molar-refractivity contribution in [2.75, 3.05) is 18.2 Å². The molecular formula is C15H17N3O4S. The first-order chi connectivity index (χ1) is 11.1. The molecule has 1 atom stereocenters. The molecule has 8 heteroatoms. The highest BCUT2D eigenvalue weighted by molar-refractivity contribution is 7.99. The van der Waals surface area contributed by atoms with Crippen LogP contribution in [0.5, 0.6) is 0 Å². The van der Waals surface area contributed by atoms with Gasteiger partial charge < -0.3 is 15.3 Å². The van der Waals surface area contributed by atoms with E-state index in [0.717, 1.165) is 12.8 Å². The van der Waals surface area contributed by atoms with E-state index < -0.39 is 17.9 Å². The quantitative estimate of drug-likeness (QED) is 0.826. The van der Waals surface area contributed by atoms with Crippen LogP contribution in [0.1, 0.15) is 33.8 Å². The van der Waals surface area contributed by atoms with Gasteiger partial charge in [-0.05, 0) is 30.9 Å². The minimum absolute atomic E-state index is 0.0485. The summed E-state index contributed by atoms with van der Waals surface area (Å²) < 4.78 is 0. The average molecular weight is 335 g/mol. The van der Waals surface area contributed by atoms with Crippen LogP contribution >= 0.6 is 11.8 Å². The summed E-state index contributed by atoms with van der Waals surface area (Å²) in [5.74, 6) is -0.227. The Hall–Kier alpha value is -2.09. The molecule has 3 rings (SSSR count). The third kappa shape index (κ3) is 3.64. The van der Waals surface area contributed by atoms with E-state index in [9.17, 15) is 14.4 Å². The molecule has 1 saturated heterocycles. The van der Waals surface area contributed by atoms with Crippen LogP contribution in [0, 0.1) is 5.92 Å². The first-order valence-electron chi connectivity index (χ1n) is 7.43. The van der Waals surface area contributed by atoms with Crippen molar-refractivity contribution in [3.8, 4) is 0 Å². The Morgan fingerprint density at radius 1 is 1.30 bits per heavy atom. The van der Waals surface area contributed by atoms with Gasteiger partial charge in [0.25, 0.3) is 5.91 Å². The number of carboxylic acids is 1. The van der Waals surface area contributed by atoms with Gasteiger partial charge in [0, 0.05) is 12.3 Å². The van der Waals surface area contributed by atoms with Crippen LogP contribution in [0.3, 0.4) is 0 Å². The highest BCUT2D eigenvalue weighted by atomic mass is 32.2. The number of hydrogen-bond acceptors (Lipinski definition) is 5. The summed E-state index contributed by atoms with van der Waals surface area (Å²) in [5, 5.41) is 11.9. The number of nitrogens with zero attached hydrogens (tertiary/aromatic N) is 2. The number of hydrogen-bond donors (Lipinski definition) is 2. The fraction of sp³-hybridized carbons (Fsp3) is 0.467. The Morgan fingerprint density at radius 3 is 2.74 bits per heavy atom. The summed E-state index contributed by atoms with van der Waals surface area (Å²) >= 11 is 1.50. The molecule has 122 valence electrons. The van der Waals surface area contributed by atoms with E-state index in [1.54, 1.807) is 0 Å². The second-order valence-electron chi connectivity index (χ2n) is 5.69. The number of thioether (sulfide) groups is 1. The smallest absolute Gasteiger partial charge is 0.354 e. The number of pyridine rings is 1. The molecule has 1 aliphatic carbocycles. The lowest BCUT2D eigenvalue weighted by atomic mass is 10.2. The van der Waals surface area contributed by atoms with Crippen LogP contribution in [0.25, 0.3) is 0 Å². The van der Waals surface area contributed by atoms with E-state index in [2.05, 4.69) is 10.3 Å². The second kappa shape index (κ2) is 6.57.